The SMILES string of the molecule is Cc1cc(Br)cc(Cl)c1OCCNCC1CCOC1. The number of hydrogen-bond acceptors (Lipinski definition) is 3. The Balaban J connectivity index is 1.70. The van der Waals surface area contributed by atoms with Crippen molar-refractivity contribution in [1.82, 2.24) is 5.32 Å². The first-order valence-electron chi connectivity index (χ1n) is 6.53. The van der Waals surface area contributed by atoms with Gasteiger partial charge in [0, 0.05) is 24.2 Å². The molecule has 0 saturated carbocycles. The Kier molecular flexibility index (Phi) is 5.95. The standard InChI is InChI=1S/C14H19BrClNO2/c1-10-6-12(15)7-13(16)14(10)19-5-3-17-8-11-2-4-18-9-11/h6-7,11,17H,2-5,8-9H2,1H3. The third-order valence-electron chi connectivity index (χ3n) is 3.18. The van der Waals surface area contributed by atoms with E-state index in [1.807, 2.05) is 19.1 Å². The van der Waals surface area contributed by atoms with E-state index in [1.54, 1.807) is 0 Å². The highest BCUT2D eigenvalue weighted by Crippen LogP contribution is 2.31. The number of nitrogens with one attached hydrogen (secondary N) is 1. The predicted molar refractivity (Wildman–Crippen MR) is 81.2 cm³/mol. The van der Waals surface area contributed by atoms with Crippen molar-refractivity contribution in [2.24, 2.45) is 5.92 Å². The Morgan fingerprint density at radius 2 is 2.37 bits per heavy atom. The van der Waals surface area contributed by atoms with E-state index in [0.29, 0.717) is 17.5 Å². The summed E-state index contributed by atoms with van der Waals surface area (Å²) < 4.78 is 12.0. The fourth-order valence-electron chi connectivity index (χ4n) is 2.15. The number of ether oxygens (including phenoxy) is 2. The molecule has 1 atom stereocenters. The Hall–Kier alpha value is -0.290. The second kappa shape index (κ2) is 7.48. The molecule has 0 aliphatic carbocycles. The van der Waals surface area contributed by atoms with Gasteiger partial charge in [-0.05, 0) is 37.0 Å². The molecule has 2 rings (SSSR count). The normalized spacial score (nSPS) is 18.8. The van der Waals surface area contributed by atoms with Gasteiger partial charge in [0.2, 0.25) is 0 Å². The van der Waals surface area contributed by atoms with Gasteiger partial charge >= 0.3 is 0 Å². The van der Waals surface area contributed by atoms with E-state index < -0.39 is 0 Å². The van der Waals surface area contributed by atoms with Crippen molar-refractivity contribution in [2.75, 3.05) is 32.9 Å². The first-order chi connectivity index (χ1) is 9.16. The topological polar surface area (TPSA) is 30.5 Å². The van der Waals surface area contributed by atoms with Gasteiger partial charge in [0.25, 0.3) is 0 Å². The van der Waals surface area contributed by atoms with Crippen LogP contribution in [0.3, 0.4) is 0 Å². The van der Waals surface area contributed by atoms with Gasteiger partial charge in [0.1, 0.15) is 12.4 Å². The number of aryl methyl sites for hydroxylation is 1. The maximum atomic E-state index is 6.16. The van der Waals surface area contributed by atoms with Gasteiger partial charge < -0.3 is 14.8 Å². The molecular formula is C14H19BrClNO2. The summed E-state index contributed by atoms with van der Waals surface area (Å²) in [4.78, 5) is 0. The number of benzene rings is 1. The van der Waals surface area contributed by atoms with Crippen LogP contribution in [0.25, 0.3) is 0 Å². The number of hydrogen-bond donors (Lipinski definition) is 1. The lowest BCUT2D eigenvalue weighted by Gasteiger charge is -2.13. The van der Waals surface area contributed by atoms with Crippen LogP contribution in [0, 0.1) is 12.8 Å². The fourth-order valence-corrected chi connectivity index (χ4v) is 3.17. The van der Waals surface area contributed by atoms with Crippen molar-refractivity contribution < 1.29 is 9.47 Å². The van der Waals surface area contributed by atoms with Crippen molar-refractivity contribution >= 4 is 27.5 Å². The molecule has 0 bridgehead atoms. The lowest BCUT2D eigenvalue weighted by Crippen LogP contribution is -2.27. The highest BCUT2D eigenvalue weighted by molar-refractivity contribution is 9.10. The van der Waals surface area contributed by atoms with Crippen LogP contribution in [-0.2, 0) is 4.74 Å². The van der Waals surface area contributed by atoms with Crippen molar-refractivity contribution in [3.05, 3.63) is 27.2 Å². The number of halogens is 2. The van der Waals surface area contributed by atoms with Gasteiger partial charge in [-0.15, -0.1) is 0 Å². The highest BCUT2D eigenvalue weighted by Gasteiger charge is 2.14. The van der Waals surface area contributed by atoms with Crippen LogP contribution in [0.15, 0.2) is 16.6 Å². The van der Waals surface area contributed by atoms with E-state index in [-0.39, 0.29) is 0 Å². The summed E-state index contributed by atoms with van der Waals surface area (Å²) in [6.07, 6.45) is 1.16. The Bertz CT molecular complexity index is 399. The molecule has 5 heteroatoms. The first kappa shape index (κ1) is 15.1. The lowest BCUT2D eigenvalue weighted by atomic mass is 10.1. The third-order valence-corrected chi connectivity index (χ3v) is 3.91. The average molecular weight is 349 g/mol. The molecule has 1 aromatic carbocycles. The Morgan fingerprint density at radius 3 is 3.05 bits per heavy atom. The summed E-state index contributed by atoms with van der Waals surface area (Å²) in [5.74, 6) is 1.42. The minimum absolute atomic E-state index is 0.621. The average Bonchev–Trinajstić information content (AvgIpc) is 2.84. The summed E-state index contributed by atoms with van der Waals surface area (Å²) in [6, 6.07) is 3.86. The maximum Gasteiger partial charge on any atom is 0.140 e. The molecular weight excluding hydrogens is 330 g/mol. The minimum Gasteiger partial charge on any atom is -0.490 e. The molecule has 19 heavy (non-hydrogen) atoms. The van der Waals surface area contributed by atoms with Crippen molar-refractivity contribution in [3.8, 4) is 5.75 Å². The molecule has 1 fully saturated rings. The van der Waals surface area contributed by atoms with E-state index in [4.69, 9.17) is 21.1 Å². The van der Waals surface area contributed by atoms with Crippen LogP contribution in [0.5, 0.6) is 5.75 Å². The van der Waals surface area contributed by atoms with E-state index in [9.17, 15) is 0 Å². The van der Waals surface area contributed by atoms with Crippen LogP contribution in [0.2, 0.25) is 5.02 Å². The predicted octanol–water partition coefficient (Wildman–Crippen LogP) is 3.42. The quantitative estimate of drug-likeness (QED) is 0.799. The van der Waals surface area contributed by atoms with E-state index >= 15 is 0 Å². The zero-order chi connectivity index (χ0) is 13.7. The Labute approximate surface area is 127 Å². The van der Waals surface area contributed by atoms with Gasteiger partial charge in [-0.1, -0.05) is 27.5 Å². The van der Waals surface area contributed by atoms with Crippen LogP contribution < -0.4 is 10.1 Å². The molecule has 0 radical (unpaired) electrons. The summed E-state index contributed by atoms with van der Waals surface area (Å²) in [7, 11) is 0. The van der Waals surface area contributed by atoms with E-state index in [1.165, 1.54) is 0 Å². The summed E-state index contributed by atoms with van der Waals surface area (Å²) in [6.45, 7) is 6.21. The second-order valence-electron chi connectivity index (χ2n) is 4.82. The molecule has 1 heterocycles. The number of rotatable bonds is 6. The molecule has 3 nitrogen and oxygen atoms in total. The molecule has 106 valence electrons. The largest absolute Gasteiger partial charge is 0.490 e. The fraction of sp³-hybridized carbons (Fsp3) is 0.571. The van der Waals surface area contributed by atoms with Crippen molar-refractivity contribution in [1.29, 1.82) is 0 Å². The minimum atomic E-state index is 0.621. The molecule has 1 unspecified atom stereocenters. The molecule has 1 aliphatic rings. The second-order valence-corrected chi connectivity index (χ2v) is 6.14. The van der Waals surface area contributed by atoms with E-state index in [0.717, 1.165) is 48.5 Å². The monoisotopic (exact) mass is 347 g/mol. The molecule has 0 spiro atoms. The van der Waals surface area contributed by atoms with Gasteiger partial charge in [0.15, 0.2) is 0 Å². The molecule has 0 aromatic heterocycles. The molecule has 0 amide bonds. The molecule has 1 saturated heterocycles. The summed E-state index contributed by atoms with van der Waals surface area (Å²) in [5.41, 5.74) is 1.04. The molecule has 1 N–H and O–H groups in total. The van der Waals surface area contributed by atoms with E-state index in [2.05, 4.69) is 21.2 Å². The summed E-state index contributed by atoms with van der Waals surface area (Å²) in [5, 5.41) is 4.04. The van der Waals surface area contributed by atoms with Crippen LogP contribution in [0.4, 0.5) is 0 Å². The van der Waals surface area contributed by atoms with Gasteiger partial charge in [0.05, 0.1) is 11.6 Å². The maximum absolute atomic E-state index is 6.16. The summed E-state index contributed by atoms with van der Waals surface area (Å²) >= 11 is 9.57. The van der Waals surface area contributed by atoms with Crippen molar-refractivity contribution in [3.63, 3.8) is 0 Å². The zero-order valence-electron chi connectivity index (χ0n) is 11.0. The Morgan fingerprint density at radius 1 is 1.53 bits per heavy atom. The van der Waals surface area contributed by atoms with Crippen LogP contribution >= 0.6 is 27.5 Å². The third kappa shape index (κ3) is 4.63. The molecule has 1 aliphatic heterocycles. The van der Waals surface area contributed by atoms with Crippen molar-refractivity contribution in [2.45, 2.75) is 13.3 Å². The first-order valence-corrected chi connectivity index (χ1v) is 7.71. The van der Waals surface area contributed by atoms with Crippen LogP contribution in [0.1, 0.15) is 12.0 Å². The van der Waals surface area contributed by atoms with Gasteiger partial charge in [-0.25, -0.2) is 0 Å². The highest BCUT2D eigenvalue weighted by atomic mass is 79.9. The zero-order valence-corrected chi connectivity index (χ0v) is 13.4. The lowest BCUT2D eigenvalue weighted by molar-refractivity contribution is 0.185. The van der Waals surface area contributed by atoms with Gasteiger partial charge in [-0.2, -0.15) is 0 Å². The van der Waals surface area contributed by atoms with Gasteiger partial charge in [-0.3, -0.25) is 0 Å². The molecule has 1 aromatic rings. The van der Waals surface area contributed by atoms with Crippen LogP contribution in [-0.4, -0.2) is 32.9 Å². The smallest absolute Gasteiger partial charge is 0.140 e.